The third kappa shape index (κ3) is 4.26. The van der Waals surface area contributed by atoms with Crippen molar-refractivity contribution in [2.24, 2.45) is 0 Å². The maximum Gasteiger partial charge on any atom is 0.223 e. The Kier molecular flexibility index (Phi) is 4.93. The number of rotatable bonds is 5. The Morgan fingerprint density at radius 1 is 1.28 bits per heavy atom. The van der Waals surface area contributed by atoms with Gasteiger partial charge in [-0.3, -0.25) is 0 Å². The monoisotopic (exact) mass is 249 g/mol. The number of nitrogens with one attached hydrogen (secondary N) is 1. The first-order chi connectivity index (χ1) is 8.74. The largest absolute Gasteiger partial charge is 0.378 e. The van der Waals surface area contributed by atoms with E-state index in [1.54, 1.807) is 0 Å². The van der Waals surface area contributed by atoms with Crippen molar-refractivity contribution >= 4 is 5.95 Å². The van der Waals surface area contributed by atoms with Crippen LogP contribution < -0.4 is 5.32 Å². The fourth-order valence-electron chi connectivity index (χ4n) is 2.37. The number of hydrogen-bond donors (Lipinski definition) is 1. The molecule has 0 radical (unpaired) electrons. The quantitative estimate of drug-likeness (QED) is 0.815. The van der Waals surface area contributed by atoms with Crippen molar-refractivity contribution in [2.75, 3.05) is 18.5 Å². The van der Waals surface area contributed by atoms with Crippen molar-refractivity contribution in [3.8, 4) is 0 Å². The van der Waals surface area contributed by atoms with Crippen LogP contribution in [0.4, 0.5) is 5.95 Å². The second-order valence-electron chi connectivity index (χ2n) is 5.03. The molecule has 0 unspecified atom stereocenters. The van der Waals surface area contributed by atoms with Gasteiger partial charge >= 0.3 is 0 Å². The van der Waals surface area contributed by atoms with Gasteiger partial charge in [-0.1, -0.05) is 0 Å². The molecule has 1 aliphatic rings. The zero-order valence-corrected chi connectivity index (χ0v) is 11.4. The molecule has 0 amide bonds. The molecule has 1 aromatic heterocycles. The summed E-state index contributed by atoms with van der Waals surface area (Å²) in [6.07, 6.45) is 6.49. The molecule has 1 aromatic rings. The molecule has 1 saturated heterocycles. The van der Waals surface area contributed by atoms with Gasteiger partial charge in [0.05, 0.1) is 6.10 Å². The van der Waals surface area contributed by atoms with Crippen LogP contribution in [0.2, 0.25) is 0 Å². The molecule has 1 N–H and O–H groups in total. The summed E-state index contributed by atoms with van der Waals surface area (Å²) in [5.41, 5.74) is 2.03. The van der Waals surface area contributed by atoms with Gasteiger partial charge in [-0.2, -0.15) is 0 Å². The van der Waals surface area contributed by atoms with Crippen molar-refractivity contribution < 1.29 is 4.74 Å². The second-order valence-corrected chi connectivity index (χ2v) is 5.03. The SMILES string of the molecule is Cc1cc(C)nc(NCCC[C@@H]2CCCCO2)n1. The number of aryl methyl sites for hydroxylation is 2. The number of ether oxygens (including phenoxy) is 1. The maximum absolute atomic E-state index is 5.71. The highest BCUT2D eigenvalue weighted by Crippen LogP contribution is 2.16. The van der Waals surface area contributed by atoms with Gasteiger partial charge in [-0.15, -0.1) is 0 Å². The third-order valence-electron chi connectivity index (χ3n) is 3.24. The summed E-state index contributed by atoms with van der Waals surface area (Å²) in [7, 11) is 0. The van der Waals surface area contributed by atoms with E-state index in [0.717, 1.165) is 43.3 Å². The van der Waals surface area contributed by atoms with Crippen molar-refractivity contribution in [3.63, 3.8) is 0 Å². The normalized spacial score (nSPS) is 19.8. The average Bonchev–Trinajstić information content (AvgIpc) is 2.35. The minimum atomic E-state index is 0.473. The van der Waals surface area contributed by atoms with Crippen LogP contribution in [0.15, 0.2) is 6.07 Å². The Bertz CT molecular complexity index is 355. The lowest BCUT2D eigenvalue weighted by Crippen LogP contribution is -2.20. The highest BCUT2D eigenvalue weighted by atomic mass is 16.5. The van der Waals surface area contributed by atoms with Gasteiger partial charge in [0, 0.05) is 24.5 Å². The van der Waals surface area contributed by atoms with E-state index in [9.17, 15) is 0 Å². The van der Waals surface area contributed by atoms with Crippen LogP contribution >= 0.6 is 0 Å². The first kappa shape index (κ1) is 13.3. The minimum Gasteiger partial charge on any atom is -0.378 e. The van der Waals surface area contributed by atoms with E-state index in [1.807, 2.05) is 19.9 Å². The van der Waals surface area contributed by atoms with Gasteiger partial charge in [0.15, 0.2) is 0 Å². The van der Waals surface area contributed by atoms with Crippen molar-refractivity contribution in [1.82, 2.24) is 9.97 Å². The summed E-state index contributed by atoms with van der Waals surface area (Å²) in [6.45, 7) is 5.85. The van der Waals surface area contributed by atoms with E-state index in [2.05, 4.69) is 15.3 Å². The minimum absolute atomic E-state index is 0.473. The molecule has 2 heterocycles. The molecule has 1 aliphatic heterocycles. The number of hydrogen-bond acceptors (Lipinski definition) is 4. The molecule has 0 aromatic carbocycles. The Hall–Kier alpha value is -1.16. The second kappa shape index (κ2) is 6.69. The predicted octanol–water partition coefficient (Wildman–Crippen LogP) is 2.85. The van der Waals surface area contributed by atoms with Crippen LogP contribution in [0.5, 0.6) is 0 Å². The van der Waals surface area contributed by atoms with Crippen LogP contribution in [-0.2, 0) is 4.74 Å². The summed E-state index contributed by atoms with van der Waals surface area (Å²) in [5.74, 6) is 0.747. The molecule has 4 nitrogen and oxygen atoms in total. The highest BCUT2D eigenvalue weighted by molar-refractivity contribution is 5.27. The molecule has 100 valence electrons. The van der Waals surface area contributed by atoms with Gasteiger partial charge in [0.1, 0.15) is 0 Å². The molecule has 2 rings (SSSR count). The average molecular weight is 249 g/mol. The van der Waals surface area contributed by atoms with Crippen molar-refractivity contribution in [3.05, 3.63) is 17.5 Å². The van der Waals surface area contributed by atoms with Gasteiger partial charge in [-0.05, 0) is 52.0 Å². The standard InChI is InChI=1S/C14H23N3O/c1-11-10-12(2)17-14(16-11)15-8-5-7-13-6-3-4-9-18-13/h10,13H,3-9H2,1-2H3,(H,15,16,17)/t13-/m0/s1. The van der Waals surface area contributed by atoms with Gasteiger partial charge in [0.25, 0.3) is 0 Å². The van der Waals surface area contributed by atoms with E-state index in [0.29, 0.717) is 6.10 Å². The van der Waals surface area contributed by atoms with E-state index in [-0.39, 0.29) is 0 Å². The lowest BCUT2D eigenvalue weighted by molar-refractivity contribution is 0.0107. The lowest BCUT2D eigenvalue weighted by Gasteiger charge is -2.22. The van der Waals surface area contributed by atoms with Gasteiger partial charge in [-0.25, -0.2) is 9.97 Å². The Morgan fingerprint density at radius 2 is 2.06 bits per heavy atom. The number of aromatic nitrogens is 2. The molecule has 0 aliphatic carbocycles. The summed E-state index contributed by atoms with van der Waals surface area (Å²) in [4.78, 5) is 8.73. The first-order valence-corrected chi connectivity index (χ1v) is 6.92. The third-order valence-corrected chi connectivity index (χ3v) is 3.24. The zero-order chi connectivity index (χ0) is 12.8. The highest BCUT2D eigenvalue weighted by Gasteiger charge is 2.12. The van der Waals surface area contributed by atoms with Gasteiger partial charge < -0.3 is 10.1 Å². The Labute approximate surface area is 109 Å². The molecule has 0 bridgehead atoms. The summed E-state index contributed by atoms with van der Waals surface area (Å²) in [6, 6.07) is 1.99. The first-order valence-electron chi connectivity index (χ1n) is 6.92. The molecule has 18 heavy (non-hydrogen) atoms. The van der Waals surface area contributed by atoms with Gasteiger partial charge in [0.2, 0.25) is 5.95 Å². The topological polar surface area (TPSA) is 47.0 Å². The summed E-state index contributed by atoms with van der Waals surface area (Å²) < 4.78 is 5.71. The van der Waals surface area contributed by atoms with E-state index < -0.39 is 0 Å². The summed E-state index contributed by atoms with van der Waals surface area (Å²) >= 11 is 0. The van der Waals surface area contributed by atoms with E-state index >= 15 is 0 Å². The van der Waals surface area contributed by atoms with Crippen molar-refractivity contribution in [2.45, 2.75) is 52.1 Å². The van der Waals surface area contributed by atoms with Crippen molar-refractivity contribution in [1.29, 1.82) is 0 Å². The van der Waals surface area contributed by atoms with Crippen LogP contribution in [0.25, 0.3) is 0 Å². The zero-order valence-electron chi connectivity index (χ0n) is 11.4. The molecule has 0 spiro atoms. The molecular weight excluding hydrogens is 226 g/mol. The Morgan fingerprint density at radius 3 is 2.72 bits per heavy atom. The van der Waals surface area contributed by atoms with E-state index in [1.165, 1.54) is 19.3 Å². The lowest BCUT2D eigenvalue weighted by atomic mass is 10.0. The summed E-state index contributed by atoms with van der Waals surface area (Å²) in [5, 5.41) is 3.29. The predicted molar refractivity (Wildman–Crippen MR) is 72.8 cm³/mol. The van der Waals surface area contributed by atoms with Crippen LogP contribution in [0.3, 0.4) is 0 Å². The Balaban J connectivity index is 1.68. The number of anilines is 1. The number of nitrogens with zero attached hydrogens (tertiary/aromatic N) is 2. The maximum atomic E-state index is 5.71. The van der Waals surface area contributed by atoms with Crippen LogP contribution in [0.1, 0.15) is 43.5 Å². The fraction of sp³-hybridized carbons (Fsp3) is 0.714. The fourth-order valence-corrected chi connectivity index (χ4v) is 2.37. The van der Waals surface area contributed by atoms with Crippen LogP contribution in [-0.4, -0.2) is 29.2 Å². The molecular formula is C14H23N3O. The molecule has 4 heteroatoms. The van der Waals surface area contributed by atoms with E-state index in [4.69, 9.17) is 4.74 Å². The van der Waals surface area contributed by atoms with Crippen LogP contribution in [0, 0.1) is 13.8 Å². The molecule has 1 atom stereocenters. The molecule has 0 saturated carbocycles. The molecule has 1 fully saturated rings. The smallest absolute Gasteiger partial charge is 0.223 e.